The Morgan fingerprint density at radius 3 is 1.47 bits per heavy atom. The first-order valence-electron chi connectivity index (χ1n) is 24.1. The molecule has 0 aliphatic carbocycles. The number of hydrogen-bond acceptors (Lipinski definition) is 1. The molecule has 12 aromatic carbocycles. The molecule has 0 radical (unpaired) electrons. The van der Waals surface area contributed by atoms with Crippen LogP contribution in [-0.2, 0) is 0 Å². The summed E-state index contributed by atoms with van der Waals surface area (Å²) in [7, 11) is 0. The van der Waals surface area contributed by atoms with Crippen LogP contribution in [-0.4, -0.2) is 4.57 Å². The lowest BCUT2D eigenvalue weighted by molar-refractivity contribution is 1.18. The summed E-state index contributed by atoms with van der Waals surface area (Å²) in [5.74, 6) is 0. The molecular weight excluding hydrogens is 845 g/mol. The minimum atomic E-state index is 1.07. The molecule has 13 aromatic rings. The van der Waals surface area contributed by atoms with E-state index in [4.69, 9.17) is 0 Å². The number of benzene rings is 12. The summed E-state index contributed by atoms with van der Waals surface area (Å²) < 4.78 is 2.40. The van der Waals surface area contributed by atoms with E-state index in [1.54, 1.807) is 0 Å². The zero-order chi connectivity index (χ0) is 46.4. The Bertz CT molecular complexity index is 4020. The van der Waals surface area contributed by atoms with Gasteiger partial charge in [-0.25, -0.2) is 0 Å². The molecule has 328 valence electrons. The van der Waals surface area contributed by atoms with E-state index in [1.807, 2.05) is 0 Å². The smallest absolute Gasteiger partial charge is 0.0547 e. The zero-order valence-electron chi connectivity index (χ0n) is 38.5. The molecule has 1 heterocycles. The van der Waals surface area contributed by atoms with Gasteiger partial charge in [-0.1, -0.05) is 218 Å². The lowest BCUT2D eigenvalue weighted by atomic mass is 9.84. The average molecular weight is 891 g/mol. The van der Waals surface area contributed by atoms with Crippen LogP contribution in [0.2, 0.25) is 0 Å². The minimum absolute atomic E-state index is 1.07. The second kappa shape index (κ2) is 17.4. The number of anilines is 3. The third-order valence-electron chi connectivity index (χ3n) is 14.0. The van der Waals surface area contributed by atoms with E-state index in [1.165, 1.54) is 82.3 Å². The molecule has 0 fully saturated rings. The van der Waals surface area contributed by atoms with Crippen molar-refractivity contribution in [3.8, 4) is 61.3 Å². The summed E-state index contributed by atoms with van der Waals surface area (Å²) in [6.45, 7) is 0. The summed E-state index contributed by atoms with van der Waals surface area (Å²) >= 11 is 0. The van der Waals surface area contributed by atoms with Crippen molar-refractivity contribution < 1.29 is 0 Å². The van der Waals surface area contributed by atoms with Gasteiger partial charge in [-0.05, 0) is 132 Å². The highest BCUT2D eigenvalue weighted by molar-refractivity contribution is 6.22. The summed E-state index contributed by atoms with van der Waals surface area (Å²) in [4.78, 5) is 2.44. The van der Waals surface area contributed by atoms with Gasteiger partial charge in [0.15, 0.2) is 0 Å². The first-order chi connectivity index (χ1) is 34.8. The number of rotatable bonds is 9. The van der Waals surface area contributed by atoms with E-state index in [2.05, 4.69) is 289 Å². The Kier molecular flexibility index (Phi) is 10.2. The van der Waals surface area contributed by atoms with E-state index < -0.39 is 0 Å². The Hall–Kier alpha value is -9.24. The Labute approximate surface area is 408 Å². The van der Waals surface area contributed by atoms with Crippen molar-refractivity contribution in [1.82, 2.24) is 4.57 Å². The quantitative estimate of drug-likeness (QED) is 0.131. The fourth-order valence-electron chi connectivity index (χ4n) is 10.9. The molecule has 2 nitrogen and oxygen atoms in total. The summed E-state index contributed by atoms with van der Waals surface area (Å²) in [5.41, 5.74) is 18.7. The number of nitrogens with zero attached hydrogens (tertiary/aromatic N) is 2. The molecule has 0 aliphatic rings. The van der Waals surface area contributed by atoms with Gasteiger partial charge in [0.2, 0.25) is 0 Å². The molecule has 0 aliphatic heterocycles. The van der Waals surface area contributed by atoms with Crippen LogP contribution in [0, 0.1) is 0 Å². The van der Waals surface area contributed by atoms with Gasteiger partial charge in [-0.3, -0.25) is 0 Å². The van der Waals surface area contributed by atoms with Crippen molar-refractivity contribution in [2.75, 3.05) is 4.90 Å². The summed E-state index contributed by atoms with van der Waals surface area (Å²) in [6.07, 6.45) is 0. The molecule has 0 saturated carbocycles. The van der Waals surface area contributed by atoms with Crippen LogP contribution in [0.1, 0.15) is 0 Å². The highest BCUT2D eigenvalue weighted by Gasteiger charge is 2.23. The molecule has 0 N–H and O–H groups in total. The largest absolute Gasteiger partial charge is 0.310 e. The van der Waals surface area contributed by atoms with Gasteiger partial charge in [0.25, 0.3) is 0 Å². The predicted molar refractivity (Wildman–Crippen MR) is 298 cm³/mol. The van der Waals surface area contributed by atoms with Gasteiger partial charge < -0.3 is 9.47 Å². The van der Waals surface area contributed by atoms with Gasteiger partial charge in [-0.2, -0.15) is 0 Å². The number of aromatic nitrogens is 1. The predicted octanol–water partition coefficient (Wildman–Crippen LogP) is 18.9. The van der Waals surface area contributed by atoms with Gasteiger partial charge in [0, 0.05) is 33.4 Å². The van der Waals surface area contributed by atoms with Crippen LogP contribution in [0.4, 0.5) is 17.1 Å². The van der Waals surface area contributed by atoms with Crippen LogP contribution < -0.4 is 4.90 Å². The Morgan fingerprint density at radius 1 is 0.257 bits per heavy atom. The molecule has 70 heavy (non-hydrogen) atoms. The lowest BCUT2D eigenvalue weighted by Crippen LogP contribution is -2.11. The zero-order valence-corrected chi connectivity index (χ0v) is 38.5. The maximum absolute atomic E-state index is 2.44. The van der Waals surface area contributed by atoms with Crippen molar-refractivity contribution in [3.05, 3.63) is 279 Å². The van der Waals surface area contributed by atoms with Crippen LogP contribution in [0.25, 0.3) is 105 Å². The Balaban J connectivity index is 1.02. The molecule has 0 unspecified atom stereocenters. The molecule has 13 rings (SSSR count). The molecule has 2 heteroatoms. The summed E-state index contributed by atoms with van der Waals surface area (Å²) in [5, 5.41) is 7.43. The van der Waals surface area contributed by atoms with Gasteiger partial charge >= 0.3 is 0 Å². The fraction of sp³-hybridized carbons (Fsp3) is 0. The van der Waals surface area contributed by atoms with E-state index >= 15 is 0 Å². The number of hydrogen-bond donors (Lipinski definition) is 0. The van der Waals surface area contributed by atoms with Crippen molar-refractivity contribution in [3.63, 3.8) is 0 Å². The molecule has 0 atom stereocenters. The van der Waals surface area contributed by atoms with Gasteiger partial charge in [-0.15, -0.1) is 0 Å². The van der Waals surface area contributed by atoms with Crippen molar-refractivity contribution >= 4 is 60.4 Å². The molecular formula is C68H46N2. The SMILES string of the molecule is c1ccc(-c2ccc(N(c3cccc(-c4ccc5c(c4)c(-c4ccccc4)c(-c4ccccc4)c4ccccc45)c3)c3ccccc3-c3cccc4c3c3ccccc3n4-c3ccccc3)cc2)cc1. The lowest BCUT2D eigenvalue weighted by Gasteiger charge is -2.29. The third-order valence-corrected chi connectivity index (χ3v) is 14.0. The molecule has 0 saturated heterocycles. The molecule has 0 amide bonds. The van der Waals surface area contributed by atoms with Crippen molar-refractivity contribution in [1.29, 1.82) is 0 Å². The second-order valence-corrected chi connectivity index (χ2v) is 18.0. The van der Waals surface area contributed by atoms with Gasteiger partial charge in [0.1, 0.15) is 0 Å². The van der Waals surface area contributed by atoms with E-state index in [0.717, 1.165) is 39.4 Å². The summed E-state index contributed by atoms with van der Waals surface area (Å²) in [6, 6.07) is 102. The Morgan fingerprint density at radius 2 is 0.743 bits per heavy atom. The van der Waals surface area contributed by atoms with E-state index in [9.17, 15) is 0 Å². The first kappa shape index (κ1) is 41.0. The van der Waals surface area contributed by atoms with E-state index in [-0.39, 0.29) is 0 Å². The normalized spacial score (nSPS) is 11.4. The van der Waals surface area contributed by atoms with Crippen LogP contribution in [0.15, 0.2) is 279 Å². The van der Waals surface area contributed by atoms with E-state index in [0.29, 0.717) is 0 Å². The topological polar surface area (TPSA) is 8.17 Å². The minimum Gasteiger partial charge on any atom is -0.310 e. The van der Waals surface area contributed by atoms with Crippen LogP contribution in [0.5, 0.6) is 0 Å². The second-order valence-electron chi connectivity index (χ2n) is 18.0. The number of fused-ring (bicyclic) bond motifs is 6. The van der Waals surface area contributed by atoms with Crippen LogP contribution >= 0.6 is 0 Å². The third kappa shape index (κ3) is 7.05. The maximum atomic E-state index is 2.44. The molecule has 0 bridgehead atoms. The van der Waals surface area contributed by atoms with Crippen LogP contribution in [0.3, 0.4) is 0 Å². The average Bonchev–Trinajstić information content (AvgIpc) is 3.79. The maximum Gasteiger partial charge on any atom is 0.0547 e. The molecule has 0 spiro atoms. The number of para-hydroxylation sites is 3. The fourth-order valence-corrected chi connectivity index (χ4v) is 10.9. The van der Waals surface area contributed by atoms with Crippen molar-refractivity contribution in [2.24, 2.45) is 0 Å². The molecule has 1 aromatic heterocycles. The highest BCUT2D eigenvalue weighted by Crippen LogP contribution is 2.48. The van der Waals surface area contributed by atoms with Gasteiger partial charge in [0.05, 0.1) is 16.7 Å². The highest BCUT2D eigenvalue weighted by atomic mass is 15.1. The first-order valence-corrected chi connectivity index (χ1v) is 24.1. The van der Waals surface area contributed by atoms with Crippen molar-refractivity contribution in [2.45, 2.75) is 0 Å². The standard InChI is InChI=1S/C68H46N2/c1-5-21-47(22-6-1)48-39-42-54(43-40-48)69(63-36-17-15-32-58(63)60-35-20-38-65-68(60)61-34-16-18-37-64(61)70(65)53-28-11-4-12-29-53)55-30-19-27-51(45-55)52-41-44-57-56-31-13-14-33-59(56)66(49-23-7-2-8-24-49)67(62(57)46-52)50-25-9-3-10-26-50/h1-46H. The monoisotopic (exact) mass is 890 g/mol.